The van der Waals surface area contributed by atoms with Gasteiger partial charge in [0.05, 0.1) is 12.8 Å². The van der Waals surface area contributed by atoms with E-state index < -0.39 is 174 Å². The number of carbonyl (C=O) groups is 14. The summed E-state index contributed by atoms with van der Waals surface area (Å²) in [6.07, 6.45) is -1.03. The van der Waals surface area contributed by atoms with E-state index in [-0.39, 0.29) is 83.1 Å². The second-order valence-corrected chi connectivity index (χ2v) is 27.0. The molecule has 0 radical (unpaired) electrons. The number of hydrogen-bond donors (Lipinski definition) is 10. The first-order valence-corrected chi connectivity index (χ1v) is 33.9. The summed E-state index contributed by atoms with van der Waals surface area (Å²) >= 11 is 0. The summed E-state index contributed by atoms with van der Waals surface area (Å²) in [6, 6.07) is 3.84. The normalized spacial score (nSPS) is 15.4. The highest BCUT2D eigenvalue weighted by Crippen LogP contribution is 2.26. The predicted molar refractivity (Wildman–Crippen MR) is 374 cm³/mol. The van der Waals surface area contributed by atoms with Gasteiger partial charge in [-0.2, -0.15) is 0 Å². The summed E-state index contributed by atoms with van der Waals surface area (Å²) in [5, 5.41) is 22.7. The number of amides is 13. The predicted octanol–water partition coefficient (Wildman–Crippen LogP) is -1.41. The van der Waals surface area contributed by atoms with Gasteiger partial charge in [-0.25, -0.2) is 4.79 Å². The lowest BCUT2D eigenvalue weighted by molar-refractivity contribution is -0.158. The molecule has 0 bridgehead atoms. The lowest BCUT2D eigenvalue weighted by atomic mass is 9.94. The van der Waals surface area contributed by atoms with Crippen molar-refractivity contribution in [3.63, 3.8) is 0 Å². The van der Waals surface area contributed by atoms with Gasteiger partial charge >= 0.3 is 5.97 Å². The first-order valence-electron chi connectivity index (χ1n) is 33.9. The van der Waals surface area contributed by atoms with Crippen LogP contribution < -0.4 is 49.5 Å². The van der Waals surface area contributed by atoms with E-state index in [0.29, 0.717) is 17.5 Å². The molecule has 2 aromatic carbocycles. The van der Waals surface area contributed by atoms with Crippen molar-refractivity contribution in [2.24, 2.45) is 51.6 Å². The van der Waals surface area contributed by atoms with Gasteiger partial charge in [0.25, 0.3) is 0 Å². The van der Waals surface area contributed by atoms with Gasteiger partial charge in [-0.1, -0.05) is 116 Å². The molecular weight excluding hydrogens is 1310 g/mol. The number of aliphatic imine (C=N–C) groups is 1. The third-order valence-electron chi connectivity index (χ3n) is 17.5. The van der Waals surface area contributed by atoms with Crippen molar-refractivity contribution in [3.05, 3.63) is 71.8 Å². The largest absolute Gasteiger partial charge is 0.480 e. The molecule has 0 spiro atoms. The summed E-state index contributed by atoms with van der Waals surface area (Å²) in [7, 11) is 7.97. The van der Waals surface area contributed by atoms with Crippen LogP contribution in [0.5, 0.6) is 0 Å². The maximum Gasteiger partial charge on any atom is 0.326 e. The van der Waals surface area contributed by atoms with Crippen molar-refractivity contribution >= 4 is 88.7 Å². The average molecular weight is 1420 g/mol. The molecule has 3 rings (SSSR count). The number of nitrogens with zero attached hydrogens (tertiary/aromatic N) is 7. The van der Waals surface area contributed by atoms with Gasteiger partial charge < -0.3 is 88.8 Å². The molecule has 560 valence electrons. The minimum absolute atomic E-state index is 0.0233. The van der Waals surface area contributed by atoms with Crippen LogP contribution in [0.15, 0.2) is 65.7 Å². The van der Waals surface area contributed by atoms with Crippen molar-refractivity contribution in [3.8, 4) is 0 Å². The van der Waals surface area contributed by atoms with E-state index in [0.717, 1.165) is 19.6 Å². The molecule has 0 unspecified atom stereocenters. The van der Waals surface area contributed by atoms with Crippen LogP contribution in [0.4, 0.5) is 0 Å². The molecule has 2 aromatic rings. The monoisotopic (exact) mass is 1420 g/mol. The Hall–Kier alpha value is -9.75. The number of rotatable bonds is 41. The van der Waals surface area contributed by atoms with Crippen LogP contribution in [0.25, 0.3) is 0 Å². The Morgan fingerprint density at radius 3 is 1.50 bits per heavy atom. The molecule has 101 heavy (non-hydrogen) atoms. The van der Waals surface area contributed by atoms with Crippen LogP contribution in [0.1, 0.15) is 118 Å². The van der Waals surface area contributed by atoms with Gasteiger partial charge in [0.1, 0.15) is 67.0 Å². The number of hydrogen-bond acceptors (Lipinski definition) is 16. The van der Waals surface area contributed by atoms with Crippen molar-refractivity contribution in [2.45, 2.75) is 180 Å². The zero-order valence-corrected chi connectivity index (χ0v) is 60.8. The smallest absolute Gasteiger partial charge is 0.326 e. The molecule has 32 heteroatoms. The molecule has 0 saturated carbocycles. The first-order chi connectivity index (χ1) is 47.4. The van der Waals surface area contributed by atoms with E-state index in [1.54, 1.807) is 116 Å². The Labute approximate surface area is 591 Å². The van der Waals surface area contributed by atoms with Crippen LogP contribution in [-0.2, 0) is 84.7 Å². The molecular formula is C69H108N16O16. The number of carbonyl (C=O) groups excluding carboxylic acids is 13. The van der Waals surface area contributed by atoms with Crippen molar-refractivity contribution in [1.82, 2.24) is 56.0 Å². The van der Waals surface area contributed by atoms with E-state index in [1.165, 1.54) is 52.1 Å². The zero-order chi connectivity index (χ0) is 76.3. The SMILES string of the molecule is COCC(=O)N[C@H](Cc1ccccc1)C(=O)N(C)[C@H](C(=O)N(C)[C@@H](CC(N)=O)C(=O)N(C)[C@H](C(=O)N(C)[C@H](C(=O)N(C)[C@@H](CC(C)C)C(=O)N[C@@H](CC(N)=O)C(=O)N[C@H](Cc1ccccc1)C(=O)N1CCC[C@H]1C(=O)NCCC(=O)N[C@@H](CCCN=C(N)N)C(=O)O)C(C)C)C(C)C)C(C)C. The number of benzene rings is 2. The highest BCUT2D eigenvalue weighted by molar-refractivity contribution is 6.00. The van der Waals surface area contributed by atoms with Crippen LogP contribution in [0.2, 0.25) is 0 Å². The summed E-state index contributed by atoms with van der Waals surface area (Å²) in [6.45, 7) is 13.2. The van der Waals surface area contributed by atoms with Gasteiger partial charge in [-0.15, -0.1) is 0 Å². The van der Waals surface area contributed by atoms with Crippen LogP contribution in [0, 0.1) is 23.7 Å². The fourth-order valence-corrected chi connectivity index (χ4v) is 12.4. The molecule has 13 amide bonds. The van der Waals surface area contributed by atoms with Crippen molar-refractivity contribution in [2.75, 3.05) is 68.6 Å². The highest BCUT2D eigenvalue weighted by atomic mass is 16.5. The number of likely N-dealkylation sites (N-methyl/N-ethyl adjacent to an activating group) is 5. The molecule has 14 N–H and O–H groups in total. The summed E-state index contributed by atoms with van der Waals surface area (Å²) in [5.41, 5.74) is 23.4. The number of carboxylic acid groups (broad SMARTS) is 1. The highest BCUT2D eigenvalue weighted by Gasteiger charge is 2.46. The molecule has 1 aliphatic heterocycles. The molecule has 1 saturated heterocycles. The number of nitrogens with two attached hydrogens (primary N) is 4. The van der Waals surface area contributed by atoms with Gasteiger partial charge in [0.15, 0.2) is 5.96 Å². The molecule has 1 aliphatic rings. The average Bonchev–Trinajstić information content (AvgIpc) is 1.25. The van der Waals surface area contributed by atoms with Gasteiger partial charge in [-0.3, -0.25) is 67.3 Å². The molecule has 0 aromatic heterocycles. The quantitative estimate of drug-likeness (QED) is 0.0208. The van der Waals surface area contributed by atoms with Gasteiger partial charge in [0.2, 0.25) is 76.8 Å². The zero-order valence-electron chi connectivity index (χ0n) is 60.8. The Morgan fingerprint density at radius 1 is 0.564 bits per heavy atom. The Bertz CT molecular complexity index is 3220. The Balaban J connectivity index is 1.93. The van der Waals surface area contributed by atoms with E-state index in [1.807, 2.05) is 0 Å². The summed E-state index contributed by atoms with van der Waals surface area (Å²) < 4.78 is 4.99. The number of aliphatic carboxylic acids is 1. The van der Waals surface area contributed by atoms with E-state index in [9.17, 15) is 62.6 Å². The van der Waals surface area contributed by atoms with Gasteiger partial charge in [-0.05, 0) is 66.9 Å². The summed E-state index contributed by atoms with van der Waals surface area (Å²) in [5.74, 6) is -14.0. The maximum absolute atomic E-state index is 15.1. The fourth-order valence-electron chi connectivity index (χ4n) is 12.4. The number of nitrogens with one attached hydrogen (secondary N) is 5. The van der Waals surface area contributed by atoms with E-state index in [2.05, 4.69) is 31.6 Å². The Kier molecular flexibility index (Phi) is 34.8. The fraction of sp³-hybridized carbons (Fsp3) is 0.609. The van der Waals surface area contributed by atoms with Crippen molar-refractivity contribution in [1.29, 1.82) is 0 Å². The van der Waals surface area contributed by atoms with Gasteiger partial charge in [0, 0.05) is 81.2 Å². The number of carboxylic acids is 1. The number of guanidine groups is 1. The van der Waals surface area contributed by atoms with Crippen LogP contribution in [-0.4, -0.2) is 252 Å². The number of likely N-dealkylation sites (tertiary alicyclic amines) is 1. The third-order valence-corrected chi connectivity index (χ3v) is 17.5. The number of methoxy groups -OCH3 is 1. The first kappa shape index (κ1) is 85.5. The topological polar surface area (TPSA) is 464 Å². The molecule has 1 fully saturated rings. The standard InChI is InChI=1S/C69H108N16O16/c1-39(2)33-50(61(92)78-46(36-52(70)86)59(90)79-48(35-44-25-19-16-20-26-44)63(94)85-32-22-28-49(85)60(91)74-31-29-54(88)76-45(68(99)100)27-21-30-75-69(72)73)80(9)65(96)57(41(5)6)84(13)67(98)58(42(7)8)83(12)64(95)51(37-53(71)87)81(10)66(97)56(40(3)4)82(11)62(93)47(77-55(89)38-101-14)34-43-23-17-15-18-24-43/h15-20,23-26,39-42,45-51,56-58H,21-22,27-38H2,1-14H3,(H2,70,86)(H2,71,87)(H,74,91)(H,76,88)(H,77,89)(H,78,92)(H,79,90)(H,99,100)(H4,72,73,75)/t45-,46-,47+,48+,49-,50-,51-,56-,57-,58-/m0/s1. The summed E-state index contributed by atoms with van der Waals surface area (Å²) in [4.78, 5) is 206. The second-order valence-electron chi connectivity index (χ2n) is 27.0. The number of primary amides is 2. The third kappa shape index (κ3) is 26.1. The van der Waals surface area contributed by atoms with Crippen LogP contribution >= 0.6 is 0 Å². The minimum Gasteiger partial charge on any atom is -0.480 e. The maximum atomic E-state index is 15.1. The molecule has 32 nitrogen and oxygen atoms in total. The number of ether oxygens (including phenoxy) is 1. The molecule has 10 atom stereocenters. The second kappa shape index (κ2) is 41.1. The van der Waals surface area contributed by atoms with E-state index in [4.69, 9.17) is 27.7 Å². The van der Waals surface area contributed by atoms with Crippen molar-refractivity contribution < 1.29 is 77.0 Å². The molecule has 0 aliphatic carbocycles. The lowest BCUT2D eigenvalue weighted by Crippen LogP contribution is -2.63. The van der Waals surface area contributed by atoms with E-state index >= 15 is 9.59 Å². The minimum atomic E-state index is -1.73. The molecule has 1 heterocycles. The lowest BCUT2D eigenvalue weighted by Gasteiger charge is -2.42. The van der Waals surface area contributed by atoms with Crippen LogP contribution in [0.3, 0.4) is 0 Å². The Morgan fingerprint density at radius 2 is 1.03 bits per heavy atom.